The molecule has 0 amide bonds. The third kappa shape index (κ3) is 4.42. The third-order valence-corrected chi connectivity index (χ3v) is 8.19. The molecule has 0 unspecified atom stereocenters. The van der Waals surface area contributed by atoms with Gasteiger partial charge in [-0.15, -0.1) is 11.3 Å². The Labute approximate surface area is 217 Å². The number of halogens is 3. The van der Waals surface area contributed by atoms with Crippen molar-refractivity contribution in [3.05, 3.63) is 117 Å². The molecule has 0 aliphatic heterocycles. The second-order valence-electron chi connectivity index (χ2n) is 7.40. The molecule has 156 valence electrons. The third-order valence-electron chi connectivity index (χ3n) is 5.32. The lowest BCUT2D eigenvalue weighted by Gasteiger charge is -2.11. The van der Waals surface area contributed by atoms with Crippen LogP contribution < -0.4 is 0 Å². The van der Waals surface area contributed by atoms with E-state index in [9.17, 15) is 0 Å². The smallest absolute Gasteiger partial charge is 0.0434 e. The zero-order valence-electron chi connectivity index (χ0n) is 16.9. The van der Waals surface area contributed by atoms with Crippen molar-refractivity contribution in [2.24, 2.45) is 0 Å². The molecule has 0 saturated heterocycles. The van der Waals surface area contributed by atoms with Gasteiger partial charge in [0, 0.05) is 34.3 Å². The zero-order chi connectivity index (χ0) is 22.1. The fourth-order valence-electron chi connectivity index (χ4n) is 3.81. The van der Waals surface area contributed by atoms with Crippen molar-refractivity contribution in [3.63, 3.8) is 0 Å². The van der Waals surface area contributed by atoms with E-state index >= 15 is 0 Å². The van der Waals surface area contributed by atoms with Gasteiger partial charge >= 0.3 is 0 Å². The van der Waals surface area contributed by atoms with Gasteiger partial charge < -0.3 is 0 Å². The van der Waals surface area contributed by atoms with Crippen LogP contribution in [0, 0.1) is 0 Å². The van der Waals surface area contributed by atoms with Crippen LogP contribution in [0.2, 0.25) is 0 Å². The van der Waals surface area contributed by atoms with E-state index in [2.05, 4.69) is 151 Å². The first-order valence-electron chi connectivity index (χ1n) is 10.1. The Hall–Kier alpha value is -1.98. The van der Waals surface area contributed by atoms with Crippen LogP contribution >= 0.6 is 59.1 Å². The van der Waals surface area contributed by atoms with Crippen LogP contribution in [0.15, 0.2) is 117 Å². The Morgan fingerprint density at radius 2 is 0.719 bits per heavy atom. The Morgan fingerprint density at radius 3 is 1.12 bits per heavy atom. The van der Waals surface area contributed by atoms with Crippen molar-refractivity contribution in [3.8, 4) is 43.1 Å². The molecular formula is C28H17Br3S. The van der Waals surface area contributed by atoms with E-state index in [4.69, 9.17) is 0 Å². The maximum atomic E-state index is 3.59. The SMILES string of the molecule is Brc1ccc(-c2sc(-c3ccccc3)c(-c3ccc(Br)cc3)c2-c2ccc(Br)cc2)cc1. The summed E-state index contributed by atoms with van der Waals surface area (Å²) >= 11 is 12.6. The van der Waals surface area contributed by atoms with Crippen LogP contribution in [-0.4, -0.2) is 0 Å². The van der Waals surface area contributed by atoms with Gasteiger partial charge in [-0.05, 0) is 58.7 Å². The molecule has 4 heteroatoms. The maximum Gasteiger partial charge on any atom is 0.0434 e. The lowest BCUT2D eigenvalue weighted by atomic mass is 9.91. The highest BCUT2D eigenvalue weighted by Crippen LogP contribution is 2.52. The van der Waals surface area contributed by atoms with Gasteiger partial charge in [-0.3, -0.25) is 0 Å². The number of hydrogen-bond acceptors (Lipinski definition) is 1. The first-order valence-corrected chi connectivity index (χ1v) is 13.3. The van der Waals surface area contributed by atoms with Crippen molar-refractivity contribution in [2.45, 2.75) is 0 Å². The summed E-state index contributed by atoms with van der Waals surface area (Å²) in [4.78, 5) is 2.56. The topological polar surface area (TPSA) is 0 Å². The van der Waals surface area contributed by atoms with Gasteiger partial charge in [-0.2, -0.15) is 0 Å². The average molecular weight is 625 g/mol. The van der Waals surface area contributed by atoms with E-state index in [1.54, 1.807) is 0 Å². The van der Waals surface area contributed by atoms with E-state index in [-0.39, 0.29) is 0 Å². The van der Waals surface area contributed by atoms with E-state index in [0.29, 0.717) is 0 Å². The van der Waals surface area contributed by atoms with E-state index < -0.39 is 0 Å². The van der Waals surface area contributed by atoms with Crippen LogP contribution in [0.3, 0.4) is 0 Å². The number of thiophene rings is 1. The van der Waals surface area contributed by atoms with Crippen molar-refractivity contribution in [1.29, 1.82) is 0 Å². The summed E-state index contributed by atoms with van der Waals surface area (Å²) in [5.41, 5.74) is 7.42. The molecule has 0 atom stereocenters. The summed E-state index contributed by atoms with van der Waals surface area (Å²) in [6.07, 6.45) is 0. The lowest BCUT2D eigenvalue weighted by molar-refractivity contribution is 1.58. The lowest BCUT2D eigenvalue weighted by Crippen LogP contribution is -1.86. The van der Waals surface area contributed by atoms with E-state index in [0.717, 1.165) is 13.4 Å². The summed E-state index contributed by atoms with van der Waals surface area (Å²) in [6, 6.07) is 36.6. The van der Waals surface area contributed by atoms with Crippen LogP contribution in [0.4, 0.5) is 0 Å². The highest BCUT2D eigenvalue weighted by atomic mass is 79.9. The van der Waals surface area contributed by atoms with Gasteiger partial charge in [-0.1, -0.05) is 115 Å². The molecule has 0 aliphatic rings. The molecule has 5 rings (SSSR count). The molecule has 0 fully saturated rings. The Morgan fingerprint density at radius 1 is 0.375 bits per heavy atom. The molecule has 5 aromatic rings. The van der Waals surface area contributed by atoms with Crippen molar-refractivity contribution >= 4 is 59.1 Å². The second-order valence-corrected chi connectivity index (χ2v) is 11.2. The summed E-state index contributed by atoms with van der Waals surface area (Å²) in [7, 11) is 0. The molecule has 0 saturated carbocycles. The van der Waals surface area contributed by atoms with Crippen LogP contribution in [-0.2, 0) is 0 Å². The minimum Gasteiger partial charge on any atom is -0.134 e. The van der Waals surface area contributed by atoms with Crippen LogP contribution in [0.1, 0.15) is 0 Å². The monoisotopic (exact) mass is 622 g/mol. The molecule has 1 aromatic heterocycles. The Bertz CT molecular complexity index is 1350. The normalized spacial score (nSPS) is 11.0. The van der Waals surface area contributed by atoms with Crippen LogP contribution in [0.25, 0.3) is 43.1 Å². The molecule has 0 bridgehead atoms. The minimum atomic E-state index is 1.08. The zero-order valence-corrected chi connectivity index (χ0v) is 22.4. The maximum absolute atomic E-state index is 3.59. The van der Waals surface area contributed by atoms with Gasteiger partial charge in [-0.25, -0.2) is 0 Å². The Balaban J connectivity index is 1.87. The number of benzene rings is 4. The molecule has 0 radical (unpaired) electrons. The van der Waals surface area contributed by atoms with Gasteiger partial charge in [0.25, 0.3) is 0 Å². The predicted octanol–water partition coefficient (Wildman–Crippen LogP) is 10.7. The quantitative estimate of drug-likeness (QED) is 0.187. The molecular weight excluding hydrogens is 608 g/mol. The first kappa shape index (κ1) is 21.8. The van der Waals surface area contributed by atoms with E-state index in [1.165, 1.54) is 43.1 Å². The molecule has 0 N–H and O–H groups in total. The van der Waals surface area contributed by atoms with Gasteiger partial charge in [0.1, 0.15) is 0 Å². The number of hydrogen-bond donors (Lipinski definition) is 0. The largest absolute Gasteiger partial charge is 0.134 e. The van der Waals surface area contributed by atoms with Gasteiger partial charge in [0.05, 0.1) is 0 Å². The highest BCUT2D eigenvalue weighted by molar-refractivity contribution is 9.11. The average Bonchev–Trinajstić information content (AvgIpc) is 3.22. The molecule has 32 heavy (non-hydrogen) atoms. The van der Waals surface area contributed by atoms with Gasteiger partial charge in [0.2, 0.25) is 0 Å². The standard InChI is InChI=1S/C28H17Br3S/c29-22-12-6-18(7-13-22)25-26(19-8-14-23(30)15-9-19)28(21-10-16-24(31)17-11-21)32-27(25)20-4-2-1-3-5-20/h1-17H. The summed E-state index contributed by atoms with van der Waals surface area (Å²) in [6.45, 7) is 0. The highest BCUT2D eigenvalue weighted by Gasteiger charge is 2.23. The molecule has 4 aromatic carbocycles. The predicted molar refractivity (Wildman–Crippen MR) is 149 cm³/mol. The molecule has 0 aliphatic carbocycles. The number of rotatable bonds is 4. The minimum absolute atomic E-state index is 1.08. The van der Waals surface area contributed by atoms with Gasteiger partial charge in [0.15, 0.2) is 0 Å². The van der Waals surface area contributed by atoms with Crippen molar-refractivity contribution in [1.82, 2.24) is 0 Å². The fraction of sp³-hybridized carbons (Fsp3) is 0. The summed E-state index contributed by atoms with van der Waals surface area (Å²) < 4.78 is 3.24. The fourth-order valence-corrected chi connectivity index (χ4v) is 5.96. The van der Waals surface area contributed by atoms with E-state index in [1.807, 2.05) is 11.3 Å². The van der Waals surface area contributed by atoms with Crippen LogP contribution in [0.5, 0.6) is 0 Å². The molecule has 1 heterocycles. The molecule has 0 spiro atoms. The first-order chi connectivity index (χ1) is 15.6. The molecule has 0 nitrogen and oxygen atoms in total. The summed E-state index contributed by atoms with van der Waals surface area (Å²) in [5, 5.41) is 0. The van der Waals surface area contributed by atoms with Crippen molar-refractivity contribution in [2.75, 3.05) is 0 Å². The second kappa shape index (κ2) is 9.48. The Kier molecular flexibility index (Phi) is 6.47. The van der Waals surface area contributed by atoms with Crippen molar-refractivity contribution < 1.29 is 0 Å². The summed E-state index contributed by atoms with van der Waals surface area (Å²) in [5.74, 6) is 0.